The van der Waals surface area contributed by atoms with Gasteiger partial charge in [-0.2, -0.15) is 5.26 Å². The van der Waals surface area contributed by atoms with Crippen LogP contribution in [0.3, 0.4) is 0 Å². The molecule has 2 aliphatic rings. The third-order valence-corrected chi connectivity index (χ3v) is 7.30. The van der Waals surface area contributed by atoms with Crippen molar-refractivity contribution in [2.24, 2.45) is 11.3 Å². The molecule has 1 unspecified atom stereocenters. The van der Waals surface area contributed by atoms with Gasteiger partial charge in [0.1, 0.15) is 13.2 Å². The fraction of sp³-hybridized carbons (Fsp3) is 0.478. The second-order valence-electron chi connectivity index (χ2n) is 9.00. The number of ether oxygens (including phenoxy) is 2. The number of nitrogens with zero attached hydrogens (tertiary/aromatic N) is 3. The zero-order valence-electron chi connectivity index (χ0n) is 17.1. The summed E-state index contributed by atoms with van der Waals surface area (Å²) in [5.74, 6) is 2.21. The van der Waals surface area contributed by atoms with Crippen molar-refractivity contribution >= 4 is 16.3 Å². The number of aromatic nitrogens is 2. The van der Waals surface area contributed by atoms with Gasteiger partial charge in [-0.1, -0.05) is 20.8 Å². The van der Waals surface area contributed by atoms with Crippen LogP contribution in [0.4, 0.5) is 0 Å². The minimum absolute atomic E-state index is 0.315. The molecule has 5 nitrogen and oxygen atoms in total. The molecule has 0 bridgehead atoms. The number of aryl methyl sites for hydroxylation is 1. The SMILES string of the molecule is CC(C)(C)C1CCc2c(sc3nc(-c4ccc5c(c4)OCCO5)c(CC#N)n23)C1. The number of hydrogen-bond acceptors (Lipinski definition) is 5. The highest BCUT2D eigenvalue weighted by Crippen LogP contribution is 2.42. The zero-order chi connectivity index (χ0) is 20.2. The maximum Gasteiger partial charge on any atom is 0.194 e. The van der Waals surface area contributed by atoms with Gasteiger partial charge in [-0.05, 0) is 48.8 Å². The first-order valence-electron chi connectivity index (χ1n) is 10.2. The van der Waals surface area contributed by atoms with Gasteiger partial charge < -0.3 is 9.47 Å². The third kappa shape index (κ3) is 3.08. The Hall–Kier alpha value is -2.52. The highest BCUT2D eigenvalue weighted by molar-refractivity contribution is 7.17. The molecule has 0 saturated heterocycles. The monoisotopic (exact) mass is 407 g/mol. The molecule has 2 aromatic heterocycles. The van der Waals surface area contributed by atoms with E-state index in [1.165, 1.54) is 17.0 Å². The van der Waals surface area contributed by atoms with Crippen molar-refractivity contribution in [3.63, 3.8) is 0 Å². The van der Waals surface area contributed by atoms with Crippen LogP contribution in [-0.4, -0.2) is 22.6 Å². The molecule has 0 spiro atoms. The quantitative estimate of drug-likeness (QED) is 0.596. The van der Waals surface area contributed by atoms with E-state index < -0.39 is 0 Å². The van der Waals surface area contributed by atoms with Crippen molar-refractivity contribution in [1.29, 1.82) is 5.26 Å². The van der Waals surface area contributed by atoms with Crippen LogP contribution in [0, 0.1) is 22.7 Å². The summed E-state index contributed by atoms with van der Waals surface area (Å²) in [4.78, 5) is 7.41. The topological polar surface area (TPSA) is 59.5 Å². The lowest BCUT2D eigenvalue weighted by molar-refractivity contribution is 0.171. The van der Waals surface area contributed by atoms with E-state index in [0.29, 0.717) is 31.0 Å². The second kappa shape index (κ2) is 6.77. The molecule has 1 aliphatic heterocycles. The number of nitriles is 1. The van der Waals surface area contributed by atoms with E-state index in [-0.39, 0.29) is 0 Å². The zero-order valence-corrected chi connectivity index (χ0v) is 17.9. The summed E-state index contributed by atoms with van der Waals surface area (Å²) in [7, 11) is 0. The van der Waals surface area contributed by atoms with Crippen LogP contribution < -0.4 is 9.47 Å². The van der Waals surface area contributed by atoms with Crippen LogP contribution in [0.5, 0.6) is 11.5 Å². The second-order valence-corrected chi connectivity index (χ2v) is 10.1. The summed E-state index contributed by atoms with van der Waals surface area (Å²) in [5, 5.41) is 9.52. The molecule has 6 heteroatoms. The summed E-state index contributed by atoms with van der Waals surface area (Å²) in [6, 6.07) is 8.30. The molecule has 0 radical (unpaired) electrons. The minimum Gasteiger partial charge on any atom is -0.486 e. The van der Waals surface area contributed by atoms with Gasteiger partial charge in [0.25, 0.3) is 0 Å². The summed E-state index contributed by atoms with van der Waals surface area (Å²) in [6.07, 6.45) is 3.69. The van der Waals surface area contributed by atoms with E-state index >= 15 is 0 Å². The average Bonchev–Trinajstić information content (AvgIpc) is 3.23. The molecule has 0 saturated carbocycles. The number of thiazole rings is 1. The largest absolute Gasteiger partial charge is 0.486 e. The van der Waals surface area contributed by atoms with E-state index in [9.17, 15) is 5.26 Å². The van der Waals surface area contributed by atoms with E-state index in [2.05, 4.69) is 31.2 Å². The number of benzene rings is 1. The van der Waals surface area contributed by atoms with Crippen molar-refractivity contribution in [1.82, 2.24) is 9.38 Å². The van der Waals surface area contributed by atoms with Crippen LogP contribution in [0.25, 0.3) is 16.2 Å². The van der Waals surface area contributed by atoms with E-state index in [0.717, 1.165) is 46.3 Å². The fourth-order valence-electron chi connectivity index (χ4n) is 4.52. The van der Waals surface area contributed by atoms with Gasteiger partial charge in [-0.25, -0.2) is 4.98 Å². The Morgan fingerprint density at radius 3 is 2.79 bits per heavy atom. The Bertz CT molecular complexity index is 1130. The molecule has 1 atom stereocenters. The number of fused-ring (bicyclic) bond motifs is 4. The van der Waals surface area contributed by atoms with Crippen LogP contribution >= 0.6 is 11.3 Å². The number of hydrogen-bond donors (Lipinski definition) is 0. The van der Waals surface area contributed by atoms with Crippen molar-refractivity contribution in [3.05, 3.63) is 34.5 Å². The normalized spacial score (nSPS) is 18.5. The van der Waals surface area contributed by atoms with Crippen molar-refractivity contribution in [3.8, 4) is 28.8 Å². The van der Waals surface area contributed by atoms with Crippen LogP contribution in [-0.2, 0) is 19.3 Å². The number of imidazole rings is 1. The van der Waals surface area contributed by atoms with Gasteiger partial charge in [0, 0.05) is 16.1 Å². The Morgan fingerprint density at radius 1 is 1.24 bits per heavy atom. The third-order valence-electron chi connectivity index (χ3n) is 6.20. The molecule has 0 fully saturated rings. The highest BCUT2D eigenvalue weighted by Gasteiger charge is 2.32. The first-order chi connectivity index (χ1) is 14.0. The van der Waals surface area contributed by atoms with E-state index in [1.807, 2.05) is 18.2 Å². The lowest BCUT2D eigenvalue weighted by Gasteiger charge is -2.33. The summed E-state index contributed by atoms with van der Waals surface area (Å²) in [6.45, 7) is 8.14. The lowest BCUT2D eigenvalue weighted by atomic mass is 9.73. The van der Waals surface area contributed by atoms with Gasteiger partial charge in [0.05, 0.1) is 23.9 Å². The van der Waals surface area contributed by atoms with Crippen LogP contribution in [0.1, 0.15) is 43.5 Å². The molecular formula is C23H25N3O2S. The highest BCUT2D eigenvalue weighted by atomic mass is 32.1. The Balaban J connectivity index is 1.61. The molecule has 1 aliphatic carbocycles. The summed E-state index contributed by atoms with van der Waals surface area (Å²) < 4.78 is 13.7. The Kier molecular flexibility index (Phi) is 4.32. The van der Waals surface area contributed by atoms with E-state index in [1.54, 1.807) is 11.3 Å². The Labute approximate surface area is 174 Å². The molecule has 3 aromatic rings. The molecule has 3 heterocycles. The van der Waals surface area contributed by atoms with Crippen LogP contribution in [0.15, 0.2) is 18.2 Å². The van der Waals surface area contributed by atoms with Gasteiger partial charge in [-0.3, -0.25) is 4.40 Å². The standard InChI is InChI=1S/C23H25N3O2S/c1-23(2,3)15-5-6-16-20(13-15)29-22-25-21(17(8-9-24)26(16)22)14-4-7-18-19(12-14)28-11-10-27-18/h4,7,12,15H,5-6,8,10-11,13H2,1-3H3. The minimum atomic E-state index is 0.315. The Morgan fingerprint density at radius 2 is 2.03 bits per heavy atom. The molecule has 1 aromatic carbocycles. The molecule has 0 amide bonds. The number of rotatable bonds is 2. The van der Waals surface area contributed by atoms with Crippen molar-refractivity contribution in [2.45, 2.75) is 46.5 Å². The predicted molar refractivity (Wildman–Crippen MR) is 114 cm³/mol. The van der Waals surface area contributed by atoms with Crippen molar-refractivity contribution in [2.75, 3.05) is 13.2 Å². The van der Waals surface area contributed by atoms with Crippen LogP contribution in [0.2, 0.25) is 0 Å². The molecule has 0 N–H and O–H groups in total. The van der Waals surface area contributed by atoms with Gasteiger partial charge in [0.15, 0.2) is 16.5 Å². The smallest absolute Gasteiger partial charge is 0.194 e. The first-order valence-corrected chi connectivity index (χ1v) is 11.1. The average molecular weight is 408 g/mol. The van der Waals surface area contributed by atoms with Gasteiger partial charge in [-0.15, -0.1) is 11.3 Å². The maximum absolute atomic E-state index is 9.52. The summed E-state index contributed by atoms with van der Waals surface area (Å²) in [5.41, 5.74) is 4.52. The summed E-state index contributed by atoms with van der Waals surface area (Å²) >= 11 is 1.79. The van der Waals surface area contributed by atoms with Crippen molar-refractivity contribution < 1.29 is 9.47 Å². The fourth-order valence-corrected chi connectivity index (χ4v) is 5.78. The molecule has 5 rings (SSSR count). The maximum atomic E-state index is 9.52. The lowest BCUT2D eigenvalue weighted by Crippen LogP contribution is -2.26. The van der Waals surface area contributed by atoms with Gasteiger partial charge >= 0.3 is 0 Å². The molecular weight excluding hydrogens is 382 g/mol. The van der Waals surface area contributed by atoms with Gasteiger partial charge in [0.2, 0.25) is 0 Å². The van der Waals surface area contributed by atoms with E-state index in [4.69, 9.17) is 14.5 Å². The molecule has 29 heavy (non-hydrogen) atoms. The predicted octanol–water partition coefficient (Wildman–Crippen LogP) is 5.05. The first kappa shape index (κ1) is 18.5. The molecule has 150 valence electrons.